The molecule has 1 aliphatic rings. The predicted molar refractivity (Wildman–Crippen MR) is 87.7 cm³/mol. The molecule has 0 amide bonds. The van der Waals surface area contributed by atoms with Crippen LogP contribution in [0.25, 0.3) is 0 Å². The first-order chi connectivity index (χ1) is 9.39. The zero-order valence-corrected chi connectivity index (χ0v) is 14.9. The third-order valence-electron chi connectivity index (χ3n) is 4.94. The van der Waals surface area contributed by atoms with Crippen LogP contribution in [0.1, 0.15) is 85.0 Å². The van der Waals surface area contributed by atoms with E-state index in [4.69, 9.17) is 10.7 Å². The Bertz CT molecular complexity index is 366. The minimum atomic E-state index is -3.45. The molecule has 0 aromatic carbocycles. The molecule has 1 fully saturated rings. The fraction of sp³-hybridized carbons (Fsp3) is 1.00. The van der Waals surface area contributed by atoms with E-state index in [-0.39, 0.29) is 10.7 Å². The van der Waals surface area contributed by atoms with E-state index in [1.54, 1.807) is 0 Å². The first-order valence-corrected chi connectivity index (χ1v) is 10.7. The lowest BCUT2D eigenvalue weighted by atomic mass is 9.56. The molecule has 0 saturated heterocycles. The Morgan fingerprint density at radius 1 is 1.10 bits per heavy atom. The summed E-state index contributed by atoms with van der Waals surface area (Å²) in [5.74, 6) is 0.722. The van der Waals surface area contributed by atoms with Crippen molar-refractivity contribution in [2.75, 3.05) is 0 Å². The third-order valence-corrected chi connectivity index (χ3v) is 7.00. The lowest BCUT2D eigenvalue weighted by Crippen LogP contribution is -2.48. The number of unbranched alkanes of at least 4 members (excludes halogenated alkanes) is 2. The van der Waals surface area contributed by atoms with Gasteiger partial charge in [0.25, 0.3) is 0 Å². The van der Waals surface area contributed by atoms with E-state index in [0.717, 1.165) is 44.4 Å². The minimum Gasteiger partial charge on any atom is -0.212 e. The van der Waals surface area contributed by atoms with Crippen LogP contribution in [0.2, 0.25) is 0 Å². The van der Waals surface area contributed by atoms with Crippen LogP contribution in [0.3, 0.4) is 0 Å². The van der Waals surface area contributed by atoms with Crippen molar-refractivity contribution in [2.24, 2.45) is 11.3 Å². The van der Waals surface area contributed by atoms with Gasteiger partial charge in [-0.1, -0.05) is 59.3 Å². The quantitative estimate of drug-likeness (QED) is 0.393. The highest BCUT2D eigenvalue weighted by Crippen LogP contribution is 2.56. The molecule has 2 nitrogen and oxygen atoms in total. The zero-order valence-electron chi connectivity index (χ0n) is 13.3. The maximum Gasteiger partial charge on any atom is 0.235 e. The van der Waals surface area contributed by atoms with Crippen LogP contribution in [0.5, 0.6) is 0 Å². The van der Waals surface area contributed by atoms with Crippen LogP contribution in [-0.2, 0) is 9.05 Å². The molecule has 1 rings (SSSR count). The monoisotopic (exact) mass is 322 g/mol. The van der Waals surface area contributed by atoms with Crippen molar-refractivity contribution in [3.63, 3.8) is 0 Å². The van der Waals surface area contributed by atoms with Crippen LogP contribution in [-0.4, -0.2) is 13.7 Å². The predicted octanol–water partition coefficient (Wildman–Crippen LogP) is 5.50. The van der Waals surface area contributed by atoms with Crippen molar-refractivity contribution in [3.8, 4) is 0 Å². The van der Waals surface area contributed by atoms with Crippen molar-refractivity contribution >= 4 is 19.7 Å². The molecular formula is C16H31ClO2S. The van der Waals surface area contributed by atoms with Gasteiger partial charge >= 0.3 is 0 Å². The van der Waals surface area contributed by atoms with Crippen LogP contribution >= 0.6 is 10.7 Å². The van der Waals surface area contributed by atoms with E-state index >= 15 is 0 Å². The van der Waals surface area contributed by atoms with E-state index < -0.39 is 9.05 Å². The normalized spacial score (nSPS) is 28.1. The minimum absolute atomic E-state index is 0.0222. The SMILES string of the molecule is CCCCCC1(C(CCC)S(=O)(=O)Cl)CC(CCC)C1. The molecule has 1 saturated carbocycles. The van der Waals surface area contributed by atoms with Gasteiger partial charge in [0.1, 0.15) is 0 Å². The molecular weight excluding hydrogens is 292 g/mol. The summed E-state index contributed by atoms with van der Waals surface area (Å²) in [5.41, 5.74) is -0.0222. The van der Waals surface area contributed by atoms with E-state index in [0.29, 0.717) is 0 Å². The second-order valence-corrected chi connectivity index (χ2v) is 9.45. The summed E-state index contributed by atoms with van der Waals surface area (Å²) in [6.45, 7) is 6.45. The van der Waals surface area contributed by atoms with Gasteiger partial charge in [0.2, 0.25) is 9.05 Å². The standard InChI is InChI=1S/C16H31ClO2S/c1-4-7-8-11-16(12-14(13-16)9-5-2)15(10-6-3)20(17,18)19/h14-15H,4-13H2,1-3H3. The van der Waals surface area contributed by atoms with Gasteiger partial charge in [-0.25, -0.2) is 8.42 Å². The first-order valence-electron chi connectivity index (χ1n) is 8.33. The molecule has 0 N–H and O–H groups in total. The van der Waals surface area contributed by atoms with Gasteiger partial charge in [-0.3, -0.25) is 0 Å². The molecule has 0 bridgehead atoms. The van der Waals surface area contributed by atoms with Crippen molar-refractivity contribution in [3.05, 3.63) is 0 Å². The molecule has 120 valence electrons. The molecule has 0 heterocycles. The Hall–Kier alpha value is 0.240. The Labute approximate surface area is 130 Å². The fourth-order valence-electron chi connectivity index (χ4n) is 4.07. The van der Waals surface area contributed by atoms with Crippen molar-refractivity contribution < 1.29 is 8.42 Å². The molecule has 0 aromatic heterocycles. The van der Waals surface area contributed by atoms with Gasteiger partial charge in [0, 0.05) is 10.7 Å². The van der Waals surface area contributed by atoms with Gasteiger partial charge in [0.05, 0.1) is 5.25 Å². The maximum absolute atomic E-state index is 12.0. The van der Waals surface area contributed by atoms with Gasteiger partial charge in [-0.2, -0.15) is 0 Å². The van der Waals surface area contributed by atoms with Crippen LogP contribution < -0.4 is 0 Å². The number of hydrogen-bond acceptors (Lipinski definition) is 2. The Balaban J connectivity index is 2.81. The molecule has 4 heteroatoms. The molecule has 0 spiro atoms. The van der Waals surface area contributed by atoms with Crippen molar-refractivity contribution in [1.82, 2.24) is 0 Å². The molecule has 1 unspecified atom stereocenters. The molecule has 1 aliphatic carbocycles. The molecule has 20 heavy (non-hydrogen) atoms. The zero-order chi connectivity index (χ0) is 15.2. The van der Waals surface area contributed by atoms with E-state index in [1.165, 1.54) is 25.7 Å². The van der Waals surface area contributed by atoms with Crippen molar-refractivity contribution in [2.45, 2.75) is 90.2 Å². The molecule has 0 aliphatic heterocycles. The maximum atomic E-state index is 12.0. The summed E-state index contributed by atoms with van der Waals surface area (Å²) in [6, 6.07) is 0. The summed E-state index contributed by atoms with van der Waals surface area (Å²) < 4.78 is 24.0. The van der Waals surface area contributed by atoms with Crippen LogP contribution in [0, 0.1) is 11.3 Å². The van der Waals surface area contributed by atoms with E-state index in [1.807, 2.05) is 0 Å². The van der Waals surface area contributed by atoms with Gasteiger partial charge < -0.3 is 0 Å². The second-order valence-electron chi connectivity index (χ2n) is 6.64. The Morgan fingerprint density at radius 3 is 2.20 bits per heavy atom. The van der Waals surface area contributed by atoms with Gasteiger partial charge in [-0.05, 0) is 37.0 Å². The summed E-state index contributed by atoms with van der Waals surface area (Å²) >= 11 is 0. The number of halogens is 1. The number of rotatable bonds is 10. The highest BCUT2D eigenvalue weighted by atomic mass is 35.7. The highest BCUT2D eigenvalue weighted by Gasteiger charge is 2.52. The summed E-state index contributed by atoms with van der Waals surface area (Å²) in [5, 5.41) is -0.327. The first kappa shape index (κ1) is 18.3. The van der Waals surface area contributed by atoms with Crippen LogP contribution in [0.15, 0.2) is 0 Å². The van der Waals surface area contributed by atoms with Gasteiger partial charge in [-0.15, -0.1) is 0 Å². The Kier molecular flexibility index (Phi) is 7.34. The Morgan fingerprint density at radius 2 is 1.75 bits per heavy atom. The molecule has 1 atom stereocenters. The lowest BCUT2D eigenvalue weighted by Gasteiger charge is -2.52. The van der Waals surface area contributed by atoms with Gasteiger partial charge in [0.15, 0.2) is 0 Å². The third kappa shape index (κ3) is 4.62. The van der Waals surface area contributed by atoms with E-state index in [2.05, 4.69) is 20.8 Å². The summed E-state index contributed by atoms with van der Waals surface area (Å²) in [7, 11) is 2.34. The lowest BCUT2D eigenvalue weighted by molar-refractivity contribution is 0.0295. The number of hydrogen-bond donors (Lipinski definition) is 0. The highest BCUT2D eigenvalue weighted by molar-refractivity contribution is 8.14. The summed E-state index contributed by atoms with van der Waals surface area (Å²) in [4.78, 5) is 0. The average Bonchev–Trinajstić information content (AvgIpc) is 2.32. The molecule has 0 radical (unpaired) electrons. The topological polar surface area (TPSA) is 34.1 Å². The average molecular weight is 323 g/mol. The van der Waals surface area contributed by atoms with E-state index in [9.17, 15) is 8.42 Å². The fourth-order valence-corrected chi connectivity index (χ4v) is 6.32. The van der Waals surface area contributed by atoms with Crippen molar-refractivity contribution in [1.29, 1.82) is 0 Å². The van der Waals surface area contributed by atoms with Crippen LogP contribution in [0.4, 0.5) is 0 Å². The largest absolute Gasteiger partial charge is 0.235 e. The summed E-state index contributed by atoms with van der Waals surface area (Å²) in [6.07, 6.45) is 10.7. The smallest absolute Gasteiger partial charge is 0.212 e. The second kappa shape index (κ2) is 8.03. The molecule has 0 aromatic rings.